The number of ether oxygens (including phenoxy) is 2. The number of methoxy groups -OCH3 is 2. The van der Waals surface area contributed by atoms with Crippen molar-refractivity contribution in [3.8, 4) is 22.6 Å². The molecule has 1 heterocycles. The average Bonchev–Trinajstić information content (AvgIpc) is 2.59. The molecule has 0 amide bonds. The summed E-state index contributed by atoms with van der Waals surface area (Å²) >= 11 is 0. The molecule has 0 saturated carbocycles. The summed E-state index contributed by atoms with van der Waals surface area (Å²) in [5, 5.41) is 1.03. The Bertz CT molecular complexity index is 882. The van der Waals surface area contributed by atoms with Crippen LogP contribution in [0.25, 0.3) is 22.0 Å². The van der Waals surface area contributed by atoms with Gasteiger partial charge in [-0.3, -0.25) is 9.78 Å². The van der Waals surface area contributed by atoms with Crippen LogP contribution in [0.5, 0.6) is 11.5 Å². The molecule has 3 rings (SSSR count). The summed E-state index contributed by atoms with van der Waals surface area (Å²) < 4.78 is 10.9. The summed E-state index contributed by atoms with van der Waals surface area (Å²) in [5.74, 6) is 1.10. The summed E-state index contributed by atoms with van der Waals surface area (Å²) in [4.78, 5) is 16.3. The standard InChI is InChI=1S/C19H17NO3/c1-12(21)14-10-16(19(23-3)17(11-14)22-2)15-8-4-6-13-7-5-9-20-18(13)15/h4-11H,1-3H3. The Kier molecular flexibility index (Phi) is 3.98. The Labute approximate surface area is 134 Å². The van der Waals surface area contributed by atoms with Gasteiger partial charge in [0.2, 0.25) is 0 Å². The fourth-order valence-corrected chi connectivity index (χ4v) is 2.69. The Morgan fingerprint density at radius 1 is 1.00 bits per heavy atom. The molecule has 0 atom stereocenters. The van der Waals surface area contributed by atoms with E-state index < -0.39 is 0 Å². The number of hydrogen-bond donors (Lipinski definition) is 0. The molecule has 0 fully saturated rings. The minimum absolute atomic E-state index is 0.0274. The third-order valence-electron chi connectivity index (χ3n) is 3.81. The highest BCUT2D eigenvalue weighted by Crippen LogP contribution is 2.41. The molecular formula is C19H17NO3. The van der Waals surface area contributed by atoms with E-state index in [9.17, 15) is 4.79 Å². The Hall–Kier alpha value is -2.88. The normalized spacial score (nSPS) is 10.6. The van der Waals surface area contributed by atoms with Gasteiger partial charge in [0.15, 0.2) is 17.3 Å². The highest BCUT2D eigenvalue weighted by molar-refractivity contribution is 6.00. The quantitative estimate of drug-likeness (QED) is 0.680. The molecule has 0 bridgehead atoms. The van der Waals surface area contributed by atoms with Crippen molar-refractivity contribution in [1.29, 1.82) is 0 Å². The van der Waals surface area contributed by atoms with Crippen LogP contribution < -0.4 is 9.47 Å². The van der Waals surface area contributed by atoms with Crippen molar-refractivity contribution >= 4 is 16.7 Å². The topological polar surface area (TPSA) is 48.4 Å². The lowest BCUT2D eigenvalue weighted by Gasteiger charge is -2.15. The number of carbonyl (C=O) groups is 1. The first-order valence-electron chi connectivity index (χ1n) is 7.26. The highest BCUT2D eigenvalue weighted by Gasteiger charge is 2.17. The summed E-state index contributed by atoms with van der Waals surface area (Å²) in [6.45, 7) is 1.53. The zero-order chi connectivity index (χ0) is 16.4. The molecule has 0 saturated heterocycles. The molecule has 4 nitrogen and oxygen atoms in total. The van der Waals surface area contributed by atoms with Crippen LogP contribution in [0.4, 0.5) is 0 Å². The molecule has 0 aliphatic carbocycles. The number of nitrogens with zero attached hydrogens (tertiary/aromatic N) is 1. The second-order valence-electron chi connectivity index (χ2n) is 5.20. The summed E-state index contributed by atoms with van der Waals surface area (Å²) in [5.41, 5.74) is 3.13. The molecule has 0 radical (unpaired) electrons. The molecule has 23 heavy (non-hydrogen) atoms. The van der Waals surface area contributed by atoms with Crippen LogP contribution >= 0.6 is 0 Å². The third kappa shape index (κ3) is 2.63. The van der Waals surface area contributed by atoms with Gasteiger partial charge in [-0.1, -0.05) is 24.3 Å². The number of fused-ring (bicyclic) bond motifs is 1. The number of hydrogen-bond acceptors (Lipinski definition) is 4. The number of para-hydroxylation sites is 1. The zero-order valence-corrected chi connectivity index (χ0v) is 13.3. The van der Waals surface area contributed by atoms with Gasteiger partial charge in [0.05, 0.1) is 19.7 Å². The number of rotatable bonds is 4. The van der Waals surface area contributed by atoms with Crippen molar-refractivity contribution in [1.82, 2.24) is 4.98 Å². The van der Waals surface area contributed by atoms with Crippen LogP contribution in [0.15, 0.2) is 48.7 Å². The predicted octanol–water partition coefficient (Wildman–Crippen LogP) is 4.12. The summed E-state index contributed by atoms with van der Waals surface area (Å²) in [6.07, 6.45) is 1.75. The molecule has 2 aromatic carbocycles. The molecule has 1 aromatic heterocycles. The van der Waals surface area contributed by atoms with E-state index in [1.807, 2.05) is 36.4 Å². The Morgan fingerprint density at radius 2 is 1.78 bits per heavy atom. The Balaban J connectivity index is 2.37. The fraction of sp³-hybridized carbons (Fsp3) is 0.158. The van der Waals surface area contributed by atoms with Gasteiger partial charge in [0.25, 0.3) is 0 Å². The lowest BCUT2D eigenvalue weighted by molar-refractivity contribution is 0.101. The highest BCUT2D eigenvalue weighted by atomic mass is 16.5. The van der Waals surface area contributed by atoms with Crippen molar-refractivity contribution in [2.75, 3.05) is 14.2 Å². The minimum atomic E-state index is -0.0274. The molecule has 0 spiro atoms. The molecule has 3 aromatic rings. The van der Waals surface area contributed by atoms with Crippen LogP contribution in [-0.4, -0.2) is 25.0 Å². The zero-order valence-electron chi connectivity index (χ0n) is 13.3. The first-order valence-corrected chi connectivity index (χ1v) is 7.26. The van der Waals surface area contributed by atoms with E-state index in [2.05, 4.69) is 4.98 Å². The van der Waals surface area contributed by atoms with E-state index in [0.29, 0.717) is 17.1 Å². The number of pyridine rings is 1. The number of aromatic nitrogens is 1. The summed E-state index contributed by atoms with van der Waals surface area (Å²) in [6, 6.07) is 13.4. The van der Waals surface area contributed by atoms with E-state index in [4.69, 9.17) is 9.47 Å². The molecule has 116 valence electrons. The van der Waals surface area contributed by atoms with Gasteiger partial charge in [-0.25, -0.2) is 0 Å². The second-order valence-corrected chi connectivity index (χ2v) is 5.20. The number of ketones is 1. The molecule has 0 unspecified atom stereocenters. The first kappa shape index (κ1) is 15.0. The van der Waals surface area contributed by atoms with Crippen LogP contribution in [0, 0.1) is 0 Å². The van der Waals surface area contributed by atoms with Crippen molar-refractivity contribution in [2.45, 2.75) is 6.92 Å². The van der Waals surface area contributed by atoms with Crippen LogP contribution in [0.3, 0.4) is 0 Å². The van der Waals surface area contributed by atoms with Crippen molar-refractivity contribution in [2.24, 2.45) is 0 Å². The third-order valence-corrected chi connectivity index (χ3v) is 3.81. The van der Waals surface area contributed by atoms with E-state index in [1.54, 1.807) is 26.5 Å². The van der Waals surface area contributed by atoms with Gasteiger partial charge in [0.1, 0.15) is 0 Å². The maximum absolute atomic E-state index is 11.8. The maximum Gasteiger partial charge on any atom is 0.168 e. The average molecular weight is 307 g/mol. The SMILES string of the molecule is COc1cc(C(C)=O)cc(-c2cccc3cccnc23)c1OC. The van der Waals surface area contributed by atoms with Gasteiger partial charge in [0, 0.05) is 28.3 Å². The van der Waals surface area contributed by atoms with Crippen LogP contribution in [-0.2, 0) is 0 Å². The molecule has 0 N–H and O–H groups in total. The van der Waals surface area contributed by atoms with Crippen molar-refractivity contribution < 1.29 is 14.3 Å². The van der Waals surface area contributed by atoms with E-state index in [0.717, 1.165) is 22.0 Å². The largest absolute Gasteiger partial charge is 0.493 e. The lowest BCUT2D eigenvalue weighted by atomic mass is 9.97. The fourth-order valence-electron chi connectivity index (χ4n) is 2.69. The summed E-state index contributed by atoms with van der Waals surface area (Å²) in [7, 11) is 3.15. The second kappa shape index (κ2) is 6.08. The lowest BCUT2D eigenvalue weighted by Crippen LogP contribution is -1.99. The smallest absolute Gasteiger partial charge is 0.168 e. The van der Waals surface area contributed by atoms with Gasteiger partial charge >= 0.3 is 0 Å². The number of carbonyl (C=O) groups excluding carboxylic acids is 1. The molecular weight excluding hydrogens is 290 g/mol. The molecule has 0 aliphatic rings. The van der Waals surface area contributed by atoms with E-state index >= 15 is 0 Å². The van der Waals surface area contributed by atoms with Gasteiger partial charge < -0.3 is 9.47 Å². The van der Waals surface area contributed by atoms with Crippen molar-refractivity contribution in [3.05, 3.63) is 54.2 Å². The van der Waals surface area contributed by atoms with E-state index in [-0.39, 0.29) is 5.78 Å². The van der Waals surface area contributed by atoms with Gasteiger partial charge in [-0.15, -0.1) is 0 Å². The molecule has 4 heteroatoms. The number of Topliss-reactive ketones (excluding diaryl/α,β-unsaturated/α-hetero) is 1. The van der Waals surface area contributed by atoms with E-state index in [1.165, 1.54) is 6.92 Å². The van der Waals surface area contributed by atoms with Crippen molar-refractivity contribution in [3.63, 3.8) is 0 Å². The van der Waals surface area contributed by atoms with Crippen LogP contribution in [0.2, 0.25) is 0 Å². The predicted molar refractivity (Wildman–Crippen MR) is 90.3 cm³/mol. The maximum atomic E-state index is 11.8. The monoisotopic (exact) mass is 307 g/mol. The minimum Gasteiger partial charge on any atom is -0.493 e. The Morgan fingerprint density at radius 3 is 2.48 bits per heavy atom. The van der Waals surface area contributed by atoms with Crippen LogP contribution in [0.1, 0.15) is 17.3 Å². The van der Waals surface area contributed by atoms with Gasteiger partial charge in [-0.2, -0.15) is 0 Å². The first-order chi connectivity index (χ1) is 11.2. The van der Waals surface area contributed by atoms with Gasteiger partial charge in [-0.05, 0) is 25.1 Å². The molecule has 0 aliphatic heterocycles. The number of benzene rings is 2.